The summed E-state index contributed by atoms with van der Waals surface area (Å²) >= 11 is 6.21. The Labute approximate surface area is 111 Å². The van der Waals surface area contributed by atoms with Gasteiger partial charge in [0.2, 0.25) is 5.91 Å². The summed E-state index contributed by atoms with van der Waals surface area (Å²) < 4.78 is 0. The Morgan fingerprint density at radius 2 is 1.83 bits per heavy atom. The number of aryl methyl sites for hydroxylation is 1. The molecule has 0 saturated heterocycles. The Hall–Kier alpha value is -1.80. The standard InChI is InChI=1S/C15H14ClNO/c1-2-10-6-8-11(9-7-10)12-4-3-5-13(14(12)16)15(17)18/h3-9H,2H2,1H3,(H2,17,18). The van der Waals surface area contributed by atoms with Gasteiger partial charge in [0.15, 0.2) is 0 Å². The number of carbonyl (C=O) groups is 1. The van der Waals surface area contributed by atoms with E-state index in [9.17, 15) is 4.79 Å². The van der Waals surface area contributed by atoms with Crippen LogP contribution in [-0.2, 0) is 6.42 Å². The third-order valence-electron chi connectivity index (χ3n) is 2.94. The highest BCUT2D eigenvalue weighted by Gasteiger charge is 2.11. The second-order valence-electron chi connectivity index (χ2n) is 4.08. The molecule has 0 aliphatic rings. The van der Waals surface area contributed by atoms with Gasteiger partial charge in [-0.3, -0.25) is 4.79 Å². The van der Waals surface area contributed by atoms with Crippen LogP contribution in [0.5, 0.6) is 0 Å². The van der Waals surface area contributed by atoms with E-state index in [1.807, 2.05) is 18.2 Å². The number of halogens is 1. The summed E-state index contributed by atoms with van der Waals surface area (Å²) in [6.07, 6.45) is 0.995. The Morgan fingerprint density at radius 3 is 2.39 bits per heavy atom. The van der Waals surface area contributed by atoms with Crippen LogP contribution in [0.4, 0.5) is 0 Å². The van der Waals surface area contributed by atoms with Crippen molar-refractivity contribution in [2.24, 2.45) is 5.73 Å². The first-order valence-corrected chi connectivity index (χ1v) is 6.19. The molecular formula is C15H14ClNO. The molecule has 0 aliphatic heterocycles. The molecule has 0 fully saturated rings. The van der Waals surface area contributed by atoms with E-state index >= 15 is 0 Å². The number of benzene rings is 2. The maximum absolute atomic E-state index is 11.2. The van der Waals surface area contributed by atoms with E-state index in [0.29, 0.717) is 10.6 Å². The van der Waals surface area contributed by atoms with E-state index in [1.165, 1.54) is 5.56 Å². The van der Waals surface area contributed by atoms with Gasteiger partial charge < -0.3 is 5.73 Å². The van der Waals surface area contributed by atoms with Crippen LogP contribution in [0.2, 0.25) is 5.02 Å². The van der Waals surface area contributed by atoms with Crippen LogP contribution in [0.15, 0.2) is 42.5 Å². The molecule has 2 N–H and O–H groups in total. The van der Waals surface area contributed by atoms with E-state index < -0.39 is 5.91 Å². The number of hydrogen-bond donors (Lipinski definition) is 1. The molecule has 2 nitrogen and oxygen atoms in total. The molecule has 92 valence electrons. The molecule has 2 rings (SSSR count). The van der Waals surface area contributed by atoms with Crippen molar-refractivity contribution >= 4 is 17.5 Å². The minimum Gasteiger partial charge on any atom is -0.366 e. The summed E-state index contributed by atoms with van der Waals surface area (Å²) in [6, 6.07) is 13.4. The largest absolute Gasteiger partial charge is 0.366 e. The number of rotatable bonds is 3. The molecule has 18 heavy (non-hydrogen) atoms. The van der Waals surface area contributed by atoms with Crippen molar-refractivity contribution < 1.29 is 4.79 Å². The quantitative estimate of drug-likeness (QED) is 0.898. The number of hydrogen-bond acceptors (Lipinski definition) is 1. The Balaban J connectivity index is 2.50. The van der Waals surface area contributed by atoms with Gasteiger partial charge in [-0.2, -0.15) is 0 Å². The number of nitrogens with two attached hydrogens (primary N) is 1. The van der Waals surface area contributed by atoms with E-state index in [4.69, 9.17) is 17.3 Å². The van der Waals surface area contributed by atoms with Crippen molar-refractivity contribution in [3.8, 4) is 11.1 Å². The Bertz CT molecular complexity index is 576. The van der Waals surface area contributed by atoms with Gasteiger partial charge in [-0.05, 0) is 23.6 Å². The third-order valence-corrected chi connectivity index (χ3v) is 3.34. The van der Waals surface area contributed by atoms with Gasteiger partial charge in [-0.25, -0.2) is 0 Å². The molecule has 0 spiro atoms. The lowest BCUT2D eigenvalue weighted by molar-refractivity contribution is 0.100. The molecule has 0 radical (unpaired) electrons. The fraction of sp³-hybridized carbons (Fsp3) is 0.133. The second-order valence-corrected chi connectivity index (χ2v) is 4.46. The molecule has 0 aromatic heterocycles. The molecule has 0 bridgehead atoms. The van der Waals surface area contributed by atoms with Crippen molar-refractivity contribution in [1.82, 2.24) is 0 Å². The summed E-state index contributed by atoms with van der Waals surface area (Å²) in [5.41, 5.74) is 8.72. The number of primary amides is 1. The summed E-state index contributed by atoms with van der Waals surface area (Å²) in [5.74, 6) is -0.507. The predicted molar refractivity (Wildman–Crippen MR) is 74.8 cm³/mol. The van der Waals surface area contributed by atoms with Gasteiger partial charge in [0, 0.05) is 5.56 Å². The number of carbonyl (C=O) groups excluding carboxylic acids is 1. The van der Waals surface area contributed by atoms with Crippen molar-refractivity contribution in [3.05, 3.63) is 58.6 Å². The minimum atomic E-state index is -0.507. The zero-order chi connectivity index (χ0) is 13.1. The summed E-state index contributed by atoms with van der Waals surface area (Å²) in [4.78, 5) is 11.2. The maximum atomic E-state index is 11.2. The first-order valence-electron chi connectivity index (χ1n) is 5.81. The highest BCUT2D eigenvalue weighted by molar-refractivity contribution is 6.36. The predicted octanol–water partition coefficient (Wildman–Crippen LogP) is 3.67. The summed E-state index contributed by atoms with van der Waals surface area (Å²) in [7, 11) is 0. The fourth-order valence-electron chi connectivity index (χ4n) is 1.87. The van der Waals surface area contributed by atoms with Crippen LogP contribution in [0.3, 0.4) is 0 Å². The summed E-state index contributed by atoms with van der Waals surface area (Å²) in [5, 5.41) is 0.411. The normalized spacial score (nSPS) is 10.3. The fourth-order valence-corrected chi connectivity index (χ4v) is 2.19. The van der Waals surface area contributed by atoms with Crippen molar-refractivity contribution in [2.75, 3.05) is 0 Å². The van der Waals surface area contributed by atoms with Crippen LogP contribution in [0.25, 0.3) is 11.1 Å². The van der Waals surface area contributed by atoms with E-state index in [1.54, 1.807) is 12.1 Å². The Morgan fingerprint density at radius 1 is 1.17 bits per heavy atom. The van der Waals surface area contributed by atoms with Gasteiger partial charge in [0.25, 0.3) is 0 Å². The lowest BCUT2D eigenvalue weighted by Crippen LogP contribution is -2.11. The summed E-state index contributed by atoms with van der Waals surface area (Å²) in [6.45, 7) is 2.11. The van der Waals surface area contributed by atoms with E-state index in [0.717, 1.165) is 17.5 Å². The Kier molecular flexibility index (Phi) is 3.68. The molecule has 0 aliphatic carbocycles. The molecule has 0 unspecified atom stereocenters. The van der Waals surface area contributed by atoms with Crippen molar-refractivity contribution in [2.45, 2.75) is 13.3 Å². The average molecular weight is 260 g/mol. The van der Waals surface area contributed by atoms with Gasteiger partial charge in [-0.15, -0.1) is 0 Å². The third kappa shape index (κ3) is 2.39. The highest BCUT2D eigenvalue weighted by Crippen LogP contribution is 2.30. The SMILES string of the molecule is CCc1ccc(-c2cccc(C(N)=O)c2Cl)cc1. The maximum Gasteiger partial charge on any atom is 0.250 e. The van der Waals surface area contributed by atoms with Crippen LogP contribution < -0.4 is 5.73 Å². The molecule has 0 heterocycles. The zero-order valence-electron chi connectivity index (χ0n) is 10.1. The molecular weight excluding hydrogens is 246 g/mol. The second kappa shape index (κ2) is 5.23. The van der Waals surface area contributed by atoms with Crippen LogP contribution in [0, 0.1) is 0 Å². The molecule has 2 aromatic carbocycles. The smallest absolute Gasteiger partial charge is 0.250 e. The lowest BCUT2D eigenvalue weighted by atomic mass is 10.0. The molecule has 2 aromatic rings. The lowest BCUT2D eigenvalue weighted by Gasteiger charge is -2.08. The van der Waals surface area contributed by atoms with Crippen molar-refractivity contribution in [1.29, 1.82) is 0 Å². The first-order chi connectivity index (χ1) is 8.63. The van der Waals surface area contributed by atoms with E-state index in [2.05, 4.69) is 19.1 Å². The van der Waals surface area contributed by atoms with Crippen LogP contribution in [-0.4, -0.2) is 5.91 Å². The minimum absolute atomic E-state index is 0.355. The van der Waals surface area contributed by atoms with Gasteiger partial charge in [0.05, 0.1) is 10.6 Å². The van der Waals surface area contributed by atoms with Crippen LogP contribution in [0.1, 0.15) is 22.8 Å². The topological polar surface area (TPSA) is 43.1 Å². The molecule has 0 saturated carbocycles. The van der Waals surface area contributed by atoms with Gasteiger partial charge in [-0.1, -0.05) is 54.9 Å². The van der Waals surface area contributed by atoms with Gasteiger partial charge >= 0.3 is 0 Å². The van der Waals surface area contributed by atoms with Gasteiger partial charge in [0.1, 0.15) is 0 Å². The van der Waals surface area contributed by atoms with Crippen molar-refractivity contribution in [3.63, 3.8) is 0 Å². The zero-order valence-corrected chi connectivity index (χ0v) is 10.9. The van der Waals surface area contributed by atoms with E-state index in [-0.39, 0.29) is 0 Å². The first kappa shape index (κ1) is 12.7. The monoisotopic (exact) mass is 259 g/mol. The number of amides is 1. The molecule has 0 atom stereocenters. The molecule has 1 amide bonds. The molecule has 3 heteroatoms. The van der Waals surface area contributed by atoms with Crippen LogP contribution >= 0.6 is 11.6 Å². The highest BCUT2D eigenvalue weighted by atomic mass is 35.5. The average Bonchev–Trinajstić information content (AvgIpc) is 2.39.